The van der Waals surface area contributed by atoms with Gasteiger partial charge in [-0.2, -0.15) is 13.2 Å². The van der Waals surface area contributed by atoms with Gasteiger partial charge in [0.2, 0.25) is 0 Å². The lowest BCUT2D eigenvalue weighted by Crippen LogP contribution is -2.42. The zero-order chi connectivity index (χ0) is 17.8. The highest BCUT2D eigenvalue weighted by Crippen LogP contribution is 2.32. The summed E-state index contributed by atoms with van der Waals surface area (Å²) in [6, 6.07) is 1.88. The van der Waals surface area contributed by atoms with E-state index < -0.39 is 34.8 Å². The third-order valence-corrected chi connectivity index (χ3v) is 3.93. The Morgan fingerprint density at radius 2 is 1.74 bits per heavy atom. The molecule has 23 heavy (non-hydrogen) atoms. The summed E-state index contributed by atoms with van der Waals surface area (Å²) < 4.78 is 51.1. The van der Waals surface area contributed by atoms with E-state index in [4.69, 9.17) is 0 Å². The van der Waals surface area contributed by atoms with Gasteiger partial charge in [0.1, 0.15) is 5.82 Å². The molecule has 1 aromatic carbocycles. The van der Waals surface area contributed by atoms with Crippen molar-refractivity contribution in [1.82, 2.24) is 5.32 Å². The van der Waals surface area contributed by atoms with Crippen molar-refractivity contribution < 1.29 is 32.3 Å². The first-order valence-electron chi connectivity index (χ1n) is 6.95. The van der Waals surface area contributed by atoms with Crippen LogP contribution in [0.25, 0.3) is 0 Å². The number of carboxylic acid groups (broad SMARTS) is 1. The van der Waals surface area contributed by atoms with Crippen molar-refractivity contribution in [2.75, 3.05) is 6.54 Å². The van der Waals surface area contributed by atoms with E-state index in [1.54, 1.807) is 13.8 Å². The van der Waals surface area contributed by atoms with Gasteiger partial charge in [0.25, 0.3) is 5.91 Å². The van der Waals surface area contributed by atoms with Crippen molar-refractivity contribution in [3.05, 3.63) is 35.1 Å². The molecule has 0 fully saturated rings. The number of carboxylic acids is 1. The van der Waals surface area contributed by atoms with Crippen molar-refractivity contribution in [2.24, 2.45) is 5.41 Å². The largest absolute Gasteiger partial charge is 0.481 e. The third-order valence-electron chi connectivity index (χ3n) is 3.93. The molecule has 128 valence electrons. The first-order chi connectivity index (χ1) is 10.6. The number of nitrogens with one attached hydrogen (secondary N) is 1. The molecule has 0 aliphatic carbocycles. The summed E-state index contributed by atoms with van der Waals surface area (Å²) in [6.45, 7) is 3.06. The van der Waals surface area contributed by atoms with E-state index in [2.05, 4.69) is 5.32 Å². The number of hydrogen-bond acceptors (Lipinski definition) is 2. The molecule has 0 saturated heterocycles. The van der Waals surface area contributed by atoms with E-state index in [0.29, 0.717) is 12.1 Å². The molecule has 0 bridgehead atoms. The molecular formula is C15H17F4NO3. The molecule has 0 spiro atoms. The smallest absolute Gasteiger partial charge is 0.419 e. The molecule has 2 N–H and O–H groups in total. The minimum Gasteiger partial charge on any atom is -0.481 e. The normalized spacial score (nSPS) is 12.1. The Hall–Kier alpha value is -2.12. The highest BCUT2D eigenvalue weighted by molar-refractivity contribution is 5.94. The summed E-state index contributed by atoms with van der Waals surface area (Å²) in [6.07, 6.45) is -4.43. The molecule has 4 nitrogen and oxygen atoms in total. The maximum atomic E-state index is 13.2. The van der Waals surface area contributed by atoms with Gasteiger partial charge in [-0.3, -0.25) is 9.59 Å². The number of halogens is 4. The van der Waals surface area contributed by atoms with Crippen LogP contribution in [0.3, 0.4) is 0 Å². The van der Waals surface area contributed by atoms with Gasteiger partial charge < -0.3 is 10.4 Å². The fourth-order valence-corrected chi connectivity index (χ4v) is 2.11. The van der Waals surface area contributed by atoms with E-state index in [1.807, 2.05) is 0 Å². The van der Waals surface area contributed by atoms with Crippen LogP contribution < -0.4 is 5.32 Å². The van der Waals surface area contributed by atoms with Gasteiger partial charge in [-0.25, -0.2) is 4.39 Å². The summed E-state index contributed by atoms with van der Waals surface area (Å²) in [4.78, 5) is 23.3. The predicted molar refractivity (Wildman–Crippen MR) is 74.4 cm³/mol. The fraction of sp³-hybridized carbons (Fsp3) is 0.467. The lowest BCUT2D eigenvalue weighted by Gasteiger charge is -2.26. The number of rotatable bonds is 6. The van der Waals surface area contributed by atoms with Crippen molar-refractivity contribution in [3.8, 4) is 0 Å². The average Bonchev–Trinajstić information content (AvgIpc) is 2.47. The van der Waals surface area contributed by atoms with E-state index in [-0.39, 0.29) is 24.9 Å². The molecule has 0 aromatic heterocycles. The summed E-state index contributed by atoms with van der Waals surface area (Å²) in [5.41, 5.74) is -3.12. The van der Waals surface area contributed by atoms with Crippen LogP contribution >= 0.6 is 0 Å². The molecule has 1 amide bonds. The summed E-state index contributed by atoms with van der Waals surface area (Å²) >= 11 is 0. The van der Waals surface area contributed by atoms with Crippen LogP contribution in [-0.2, 0) is 11.0 Å². The predicted octanol–water partition coefficient (Wildman–Crippen LogP) is 3.47. The van der Waals surface area contributed by atoms with E-state index in [0.717, 1.165) is 6.07 Å². The molecule has 0 radical (unpaired) electrons. The molecule has 1 rings (SSSR count). The van der Waals surface area contributed by atoms with Crippen molar-refractivity contribution in [3.63, 3.8) is 0 Å². The van der Waals surface area contributed by atoms with Gasteiger partial charge in [0.05, 0.1) is 11.0 Å². The van der Waals surface area contributed by atoms with Crippen LogP contribution in [0.4, 0.5) is 17.6 Å². The van der Waals surface area contributed by atoms with E-state index >= 15 is 0 Å². The molecule has 0 aliphatic rings. The summed E-state index contributed by atoms with van der Waals surface area (Å²) in [5, 5.41) is 11.6. The van der Waals surface area contributed by atoms with Gasteiger partial charge in [-0.15, -0.1) is 0 Å². The van der Waals surface area contributed by atoms with Crippen molar-refractivity contribution in [2.45, 2.75) is 32.9 Å². The average molecular weight is 335 g/mol. The lowest BCUT2D eigenvalue weighted by atomic mass is 9.82. The van der Waals surface area contributed by atoms with E-state index in [1.165, 1.54) is 0 Å². The maximum Gasteiger partial charge on any atom is 0.419 e. The number of carbonyl (C=O) groups excluding carboxylic acids is 1. The first-order valence-corrected chi connectivity index (χ1v) is 6.95. The highest BCUT2D eigenvalue weighted by Gasteiger charge is 2.36. The SMILES string of the molecule is CCC(CC)(CNC(=O)c1ccc(F)c(C(F)(F)F)c1)C(=O)O. The second-order valence-electron chi connectivity index (χ2n) is 5.17. The summed E-state index contributed by atoms with van der Waals surface area (Å²) in [7, 11) is 0. The topological polar surface area (TPSA) is 66.4 Å². The standard InChI is InChI=1S/C15H17F4NO3/c1-3-14(4-2,13(22)23)8-20-12(21)9-5-6-11(16)10(7-9)15(17,18)19/h5-7H,3-4,8H2,1-2H3,(H,20,21)(H,22,23). The Morgan fingerprint density at radius 1 is 1.17 bits per heavy atom. The monoisotopic (exact) mass is 335 g/mol. The number of hydrogen-bond donors (Lipinski definition) is 2. The van der Waals surface area contributed by atoms with Crippen LogP contribution in [0.2, 0.25) is 0 Å². The Labute approximate surface area is 130 Å². The van der Waals surface area contributed by atoms with Gasteiger partial charge >= 0.3 is 12.1 Å². The molecule has 0 atom stereocenters. The Kier molecular flexibility index (Phi) is 5.74. The zero-order valence-electron chi connectivity index (χ0n) is 12.6. The van der Waals surface area contributed by atoms with Crippen molar-refractivity contribution in [1.29, 1.82) is 0 Å². The molecule has 0 heterocycles. The zero-order valence-corrected chi connectivity index (χ0v) is 12.6. The van der Waals surface area contributed by atoms with Crippen LogP contribution in [0.1, 0.15) is 42.6 Å². The molecule has 0 aliphatic heterocycles. The number of carbonyl (C=O) groups is 2. The highest BCUT2D eigenvalue weighted by atomic mass is 19.4. The van der Waals surface area contributed by atoms with Gasteiger partial charge in [0.15, 0.2) is 0 Å². The maximum absolute atomic E-state index is 13.2. The Balaban J connectivity index is 2.97. The molecular weight excluding hydrogens is 318 g/mol. The van der Waals surface area contributed by atoms with E-state index in [9.17, 15) is 32.3 Å². The minimum absolute atomic E-state index is 0.229. The second kappa shape index (κ2) is 6.97. The molecule has 8 heteroatoms. The fourth-order valence-electron chi connectivity index (χ4n) is 2.11. The van der Waals surface area contributed by atoms with Crippen LogP contribution in [0, 0.1) is 11.2 Å². The number of amides is 1. The summed E-state index contributed by atoms with van der Waals surface area (Å²) in [5.74, 6) is -3.46. The minimum atomic E-state index is -4.92. The van der Waals surface area contributed by atoms with Gasteiger partial charge in [-0.1, -0.05) is 13.8 Å². The number of aliphatic carboxylic acids is 1. The second-order valence-corrected chi connectivity index (χ2v) is 5.17. The quantitative estimate of drug-likeness (QED) is 0.783. The first kappa shape index (κ1) is 18.9. The number of alkyl halides is 3. The molecule has 1 aromatic rings. The molecule has 0 unspecified atom stereocenters. The van der Waals surface area contributed by atoms with Crippen LogP contribution in [-0.4, -0.2) is 23.5 Å². The van der Waals surface area contributed by atoms with Crippen LogP contribution in [0.15, 0.2) is 18.2 Å². The van der Waals surface area contributed by atoms with Crippen LogP contribution in [0.5, 0.6) is 0 Å². The van der Waals surface area contributed by atoms with Crippen molar-refractivity contribution >= 4 is 11.9 Å². The van der Waals surface area contributed by atoms with Gasteiger partial charge in [-0.05, 0) is 31.0 Å². The number of benzene rings is 1. The molecule has 0 saturated carbocycles. The Bertz CT molecular complexity index is 595. The Morgan fingerprint density at radius 3 is 2.17 bits per heavy atom. The lowest BCUT2D eigenvalue weighted by molar-refractivity contribution is -0.149. The third kappa shape index (κ3) is 4.20. The van der Waals surface area contributed by atoms with Gasteiger partial charge in [0, 0.05) is 12.1 Å².